The molecule has 0 aliphatic carbocycles. The van der Waals surface area contributed by atoms with Gasteiger partial charge in [0.1, 0.15) is 5.75 Å². The summed E-state index contributed by atoms with van der Waals surface area (Å²) in [4.78, 5) is 22.3. The largest absolute Gasteiger partial charge is 0.507 e. The second kappa shape index (κ2) is 5.36. The van der Waals surface area contributed by atoms with E-state index < -0.39 is 24.0 Å². The van der Waals surface area contributed by atoms with Crippen LogP contribution in [-0.4, -0.2) is 39.3 Å². The molecule has 18 heavy (non-hydrogen) atoms. The maximum atomic E-state index is 11.7. The van der Waals surface area contributed by atoms with Crippen LogP contribution in [0.5, 0.6) is 5.75 Å². The first-order valence-electron chi connectivity index (χ1n) is 4.96. The molecule has 1 aromatic rings. The number of aliphatic hydroxyl groups is 1. The van der Waals surface area contributed by atoms with Crippen LogP contribution in [0.1, 0.15) is 17.3 Å². The third-order valence-electron chi connectivity index (χ3n) is 2.26. The summed E-state index contributed by atoms with van der Waals surface area (Å²) in [5, 5.41) is 29.8. The van der Waals surface area contributed by atoms with Crippen LogP contribution in [0.4, 0.5) is 0 Å². The summed E-state index contributed by atoms with van der Waals surface area (Å²) in [5.74, 6) is -2.35. The quantitative estimate of drug-likeness (QED) is 0.654. The summed E-state index contributed by atoms with van der Waals surface area (Å²) in [5.41, 5.74) is -2.07. The summed E-state index contributed by atoms with van der Waals surface area (Å²) in [6, 6.07) is 4.27. The predicted molar refractivity (Wildman–Crippen MR) is 66.4 cm³/mol. The van der Waals surface area contributed by atoms with Gasteiger partial charge in [-0.1, -0.05) is 15.9 Å². The summed E-state index contributed by atoms with van der Waals surface area (Å²) in [6.07, 6.45) is 0. The van der Waals surface area contributed by atoms with Gasteiger partial charge in [-0.15, -0.1) is 0 Å². The molecule has 0 aliphatic rings. The second-order valence-corrected chi connectivity index (χ2v) is 4.84. The zero-order valence-corrected chi connectivity index (χ0v) is 11.1. The molecule has 7 heteroatoms. The van der Waals surface area contributed by atoms with Crippen molar-refractivity contribution in [3.05, 3.63) is 28.2 Å². The smallest absolute Gasteiger partial charge is 0.337 e. The number of phenols is 1. The number of amides is 1. The molecular weight excluding hydrogens is 306 g/mol. The first kappa shape index (κ1) is 14.5. The van der Waals surface area contributed by atoms with E-state index in [9.17, 15) is 19.8 Å². The Morgan fingerprint density at radius 1 is 1.44 bits per heavy atom. The van der Waals surface area contributed by atoms with Gasteiger partial charge in [-0.3, -0.25) is 4.79 Å². The maximum absolute atomic E-state index is 11.7. The molecule has 0 aliphatic heterocycles. The molecule has 0 aromatic heterocycles. The molecule has 6 nitrogen and oxygen atoms in total. The molecule has 0 fully saturated rings. The first-order valence-corrected chi connectivity index (χ1v) is 5.76. The predicted octanol–water partition coefficient (Wildman–Crippen LogP) is 0.720. The molecule has 4 N–H and O–H groups in total. The lowest BCUT2D eigenvalue weighted by atomic mass is 10.1. The molecule has 0 saturated carbocycles. The Labute approximate surface area is 111 Å². The van der Waals surface area contributed by atoms with Gasteiger partial charge in [-0.05, 0) is 25.1 Å². The SMILES string of the molecule is CC(O)(CNC(=O)c1cc(Br)ccc1O)C(=O)O. The highest BCUT2D eigenvalue weighted by Gasteiger charge is 2.30. The Kier molecular flexibility index (Phi) is 4.31. The highest BCUT2D eigenvalue weighted by atomic mass is 79.9. The Hall–Kier alpha value is -1.60. The van der Waals surface area contributed by atoms with E-state index in [2.05, 4.69) is 21.2 Å². The van der Waals surface area contributed by atoms with E-state index in [-0.39, 0.29) is 11.3 Å². The molecule has 0 saturated heterocycles. The van der Waals surface area contributed by atoms with Gasteiger partial charge in [0.05, 0.1) is 12.1 Å². The average Bonchev–Trinajstić information content (AvgIpc) is 2.29. The highest BCUT2D eigenvalue weighted by Crippen LogP contribution is 2.21. The van der Waals surface area contributed by atoms with Crippen molar-refractivity contribution >= 4 is 27.8 Å². The average molecular weight is 318 g/mol. The number of aromatic hydroxyl groups is 1. The number of carboxylic acids is 1. The number of hydrogen-bond acceptors (Lipinski definition) is 4. The van der Waals surface area contributed by atoms with E-state index in [0.717, 1.165) is 6.92 Å². The second-order valence-electron chi connectivity index (χ2n) is 3.92. The Morgan fingerprint density at radius 3 is 2.61 bits per heavy atom. The molecule has 1 amide bonds. The topological polar surface area (TPSA) is 107 Å². The van der Waals surface area contributed by atoms with Crippen molar-refractivity contribution in [1.29, 1.82) is 0 Å². The van der Waals surface area contributed by atoms with Crippen LogP contribution in [-0.2, 0) is 4.79 Å². The van der Waals surface area contributed by atoms with Gasteiger partial charge in [-0.2, -0.15) is 0 Å². The van der Waals surface area contributed by atoms with E-state index in [4.69, 9.17) is 5.11 Å². The molecule has 98 valence electrons. The molecule has 0 heterocycles. The Balaban J connectivity index is 2.78. The number of rotatable bonds is 4. The number of halogens is 1. The van der Waals surface area contributed by atoms with Crippen molar-refractivity contribution < 1.29 is 24.9 Å². The number of carbonyl (C=O) groups excluding carboxylic acids is 1. The van der Waals surface area contributed by atoms with Crippen molar-refractivity contribution in [2.24, 2.45) is 0 Å². The summed E-state index contributed by atoms with van der Waals surface area (Å²) in [7, 11) is 0. The van der Waals surface area contributed by atoms with E-state index in [1.807, 2.05) is 0 Å². The number of nitrogens with one attached hydrogen (secondary N) is 1. The molecule has 0 spiro atoms. The molecule has 1 unspecified atom stereocenters. The number of hydrogen-bond donors (Lipinski definition) is 4. The van der Waals surface area contributed by atoms with Crippen LogP contribution in [0.2, 0.25) is 0 Å². The van der Waals surface area contributed by atoms with Gasteiger partial charge in [0.15, 0.2) is 5.60 Å². The van der Waals surface area contributed by atoms with E-state index >= 15 is 0 Å². The number of carbonyl (C=O) groups is 2. The molecular formula is C11H12BrNO5. The zero-order valence-electron chi connectivity index (χ0n) is 9.48. The van der Waals surface area contributed by atoms with Gasteiger partial charge in [0.2, 0.25) is 0 Å². The van der Waals surface area contributed by atoms with Crippen LogP contribution in [0.15, 0.2) is 22.7 Å². The van der Waals surface area contributed by atoms with E-state index in [1.165, 1.54) is 12.1 Å². The van der Waals surface area contributed by atoms with Gasteiger partial charge < -0.3 is 20.6 Å². The van der Waals surface area contributed by atoms with Crippen molar-refractivity contribution in [2.45, 2.75) is 12.5 Å². The number of phenolic OH excluding ortho intramolecular Hbond substituents is 1. The Morgan fingerprint density at radius 2 is 2.06 bits per heavy atom. The van der Waals surface area contributed by atoms with E-state index in [1.54, 1.807) is 6.07 Å². The fourth-order valence-corrected chi connectivity index (χ4v) is 1.47. The normalized spacial score (nSPS) is 13.7. The third-order valence-corrected chi connectivity index (χ3v) is 2.75. The van der Waals surface area contributed by atoms with Crippen LogP contribution in [0, 0.1) is 0 Å². The summed E-state index contributed by atoms with van der Waals surface area (Å²) >= 11 is 3.14. The molecule has 1 atom stereocenters. The number of benzene rings is 1. The van der Waals surface area contributed by atoms with Crippen LogP contribution in [0.25, 0.3) is 0 Å². The fraction of sp³-hybridized carbons (Fsp3) is 0.273. The minimum absolute atomic E-state index is 0.00874. The lowest BCUT2D eigenvalue weighted by Crippen LogP contribution is -2.46. The van der Waals surface area contributed by atoms with Crippen LogP contribution < -0.4 is 5.32 Å². The minimum atomic E-state index is -2.06. The van der Waals surface area contributed by atoms with Crippen molar-refractivity contribution in [1.82, 2.24) is 5.32 Å². The van der Waals surface area contributed by atoms with Gasteiger partial charge in [0.25, 0.3) is 5.91 Å². The van der Waals surface area contributed by atoms with Gasteiger partial charge in [-0.25, -0.2) is 4.79 Å². The minimum Gasteiger partial charge on any atom is -0.507 e. The number of carboxylic acid groups (broad SMARTS) is 1. The molecule has 0 radical (unpaired) electrons. The standard InChI is InChI=1S/C11H12BrNO5/c1-11(18,10(16)17)5-13-9(15)7-4-6(12)2-3-8(7)14/h2-4,14,18H,5H2,1H3,(H,13,15)(H,16,17). The molecule has 1 aromatic carbocycles. The monoisotopic (exact) mass is 317 g/mol. The van der Waals surface area contributed by atoms with Crippen LogP contribution >= 0.6 is 15.9 Å². The van der Waals surface area contributed by atoms with E-state index in [0.29, 0.717) is 4.47 Å². The molecule has 1 rings (SSSR count). The first-order chi connectivity index (χ1) is 8.24. The summed E-state index contributed by atoms with van der Waals surface area (Å²) in [6.45, 7) is 0.601. The Bertz CT molecular complexity index is 486. The van der Waals surface area contributed by atoms with Crippen LogP contribution in [0.3, 0.4) is 0 Å². The summed E-state index contributed by atoms with van der Waals surface area (Å²) < 4.78 is 0.593. The lowest BCUT2D eigenvalue weighted by Gasteiger charge is -2.18. The zero-order chi connectivity index (χ0) is 13.9. The maximum Gasteiger partial charge on any atom is 0.337 e. The van der Waals surface area contributed by atoms with Gasteiger partial charge >= 0.3 is 5.97 Å². The highest BCUT2D eigenvalue weighted by molar-refractivity contribution is 9.10. The van der Waals surface area contributed by atoms with Crippen molar-refractivity contribution in [2.75, 3.05) is 6.54 Å². The lowest BCUT2D eigenvalue weighted by molar-refractivity contribution is -0.155. The molecule has 0 bridgehead atoms. The number of aliphatic carboxylic acids is 1. The van der Waals surface area contributed by atoms with Crippen molar-refractivity contribution in [3.63, 3.8) is 0 Å². The van der Waals surface area contributed by atoms with Crippen molar-refractivity contribution in [3.8, 4) is 5.75 Å². The third kappa shape index (κ3) is 3.44. The fourth-order valence-electron chi connectivity index (χ4n) is 1.11. The van der Waals surface area contributed by atoms with Gasteiger partial charge in [0, 0.05) is 4.47 Å².